The molecule has 420 valence electrons. The fraction of sp³-hybridized carbons (Fsp3) is 0.346. The van der Waals surface area contributed by atoms with Crippen LogP contribution in [0.4, 0.5) is 0 Å². The van der Waals surface area contributed by atoms with Gasteiger partial charge in [-0.05, 0) is 156 Å². The molecule has 81 heavy (non-hydrogen) atoms. The molecule has 3 nitrogen and oxygen atoms in total. The van der Waals surface area contributed by atoms with Gasteiger partial charge >= 0.3 is 0 Å². The molecule has 0 aliphatic carbocycles. The van der Waals surface area contributed by atoms with Crippen LogP contribution in [0.15, 0.2) is 201 Å². The lowest BCUT2D eigenvalue weighted by atomic mass is 9.82. The van der Waals surface area contributed by atoms with E-state index in [9.17, 15) is 0 Å². The molecule has 3 heteroatoms. The highest BCUT2D eigenvalue weighted by molar-refractivity contribution is 5.69. The van der Waals surface area contributed by atoms with Crippen molar-refractivity contribution in [3.05, 3.63) is 234 Å². The van der Waals surface area contributed by atoms with Crippen LogP contribution >= 0.6 is 0 Å². The number of hydrogen-bond acceptors (Lipinski definition) is 0. The number of aryl methyl sites for hydroxylation is 7. The molecule has 3 heterocycles. The van der Waals surface area contributed by atoms with Crippen LogP contribution in [0.25, 0.3) is 67.2 Å². The topological polar surface area (TPSA) is 11.6 Å². The Morgan fingerprint density at radius 2 is 0.716 bits per heavy atom. The van der Waals surface area contributed by atoms with E-state index in [1.165, 1.54) is 140 Å². The van der Waals surface area contributed by atoms with Crippen molar-refractivity contribution in [3.8, 4) is 67.2 Å². The smallest absolute Gasteiger partial charge is 0.200 e. The predicted molar refractivity (Wildman–Crippen MR) is 347 cm³/mol. The Labute approximate surface area is 491 Å². The Kier molecular flexibility index (Phi) is 21.0. The average Bonchev–Trinajstić information content (AvgIpc) is 3.63. The minimum absolute atomic E-state index is 0.133. The quantitative estimate of drug-likeness (QED) is 0.0675. The van der Waals surface area contributed by atoms with Crippen molar-refractivity contribution < 1.29 is 15.1 Å². The van der Waals surface area contributed by atoms with Gasteiger partial charge in [-0.3, -0.25) is 0 Å². The first kappa shape index (κ1) is 59.9. The number of pyridine rings is 3. The van der Waals surface area contributed by atoms with Gasteiger partial charge in [0.15, 0.2) is 18.6 Å². The lowest BCUT2D eigenvalue weighted by molar-refractivity contribution is -0.660. The van der Waals surface area contributed by atoms with E-state index in [1.807, 2.05) is 6.92 Å². The standard InChI is InChI=1S/3C26H32N/c2*1-19-9-7-8-10-24(19)25-16-15-23(18-27(25)6)22-13-11-21(12-14-22)20(2)17-26(3,4)5;1-4-5-6-7-8-12-22-14-16-23(17-15-22)24-18-19-26(27(3)20-24)25-13-10-9-11-21(25)2/h2*7-16,18,20H,17H2,1-6H3;9-11,13-20H,4-8,12H2,1-3H3/q3*+1/i20D;;. The Balaban J connectivity index is 0.000000177. The van der Waals surface area contributed by atoms with E-state index in [1.54, 1.807) is 0 Å². The summed E-state index contributed by atoms with van der Waals surface area (Å²) >= 11 is 0. The first-order valence-corrected chi connectivity index (χ1v) is 30.0. The van der Waals surface area contributed by atoms with Crippen molar-refractivity contribution in [1.82, 2.24) is 0 Å². The Morgan fingerprint density at radius 1 is 0.383 bits per heavy atom. The van der Waals surface area contributed by atoms with Crippen molar-refractivity contribution in [2.24, 2.45) is 32.0 Å². The number of hydrogen-bond donors (Lipinski definition) is 0. The summed E-state index contributed by atoms with van der Waals surface area (Å²) in [5, 5.41) is 0. The highest BCUT2D eigenvalue weighted by Crippen LogP contribution is 2.34. The lowest BCUT2D eigenvalue weighted by Gasteiger charge is -2.23. The third kappa shape index (κ3) is 17.6. The second-order valence-corrected chi connectivity index (χ2v) is 25.4. The van der Waals surface area contributed by atoms with E-state index in [0.717, 1.165) is 12.0 Å². The van der Waals surface area contributed by atoms with Crippen LogP contribution in [0.3, 0.4) is 0 Å². The summed E-state index contributed by atoms with van der Waals surface area (Å²) in [6.07, 6.45) is 16.6. The highest BCUT2D eigenvalue weighted by Gasteiger charge is 2.20. The summed E-state index contributed by atoms with van der Waals surface area (Å²) in [6.45, 7) is 26.6. The molecular formula is C78H96N3+3. The average molecular weight is 1080 g/mol. The molecule has 0 amide bonds. The Hall–Kier alpha value is -7.23. The van der Waals surface area contributed by atoms with Crippen molar-refractivity contribution in [3.63, 3.8) is 0 Å². The first-order valence-electron chi connectivity index (χ1n) is 30.5. The zero-order chi connectivity index (χ0) is 59.2. The molecule has 3 aromatic heterocycles. The summed E-state index contributed by atoms with van der Waals surface area (Å²) in [5.41, 5.74) is 23.3. The second kappa shape index (κ2) is 28.5. The molecule has 9 rings (SSSR count). The van der Waals surface area contributed by atoms with Crippen LogP contribution in [0.1, 0.15) is 154 Å². The van der Waals surface area contributed by atoms with Gasteiger partial charge in [0, 0.05) is 53.0 Å². The molecule has 2 unspecified atom stereocenters. The van der Waals surface area contributed by atoms with Gasteiger partial charge < -0.3 is 0 Å². The maximum atomic E-state index is 8.77. The van der Waals surface area contributed by atoms with Gasteiger partial charge in [0.25, 0.3) is 0 Å². The van der Waals surface area contributed by atoms with Crippen LogP contribution in [-0.4, -0.2) is 0 Å². The SMILES string of the molecule is CCCCCCCc1ccc(-c2ccc(-c3ccccc3C)[n+](C)c2)cc1.Cc1ccccc1-c1ccc(-c2ccc(C(C)CC(C)(C)C)cc2)c[n+]1C.[2H]C(C)(CC(C)(C)C)c1ccc(-c2ccc(-c3ccccc3C)[n+](C)c2)cc1. The summed E-state index contributed by atoms with van der Waals surface area (Å²) in [4.78, 5) is 0. The van der Waals surface area contributed by atoms with Gasteiger partial charge in [0.1, 0.15) is 21.1 Å². The molecule has 2 atom stereocenters. The van der Waals surface area contributed by atoms with Gasteiger partial charge in [0.2, 0.25) is 17.1 Å². The van der Waals surface area contributed by atoms with Crippen LogP contribution in [0, 0.1) is 31.6 Å². The summed E-state index contributed by atoms with van der Waals surface area (Å²) < 4.78 is 15.4. The molecule has 0 spiro atoms. The molecule has 0 saturated heterocycles. The maximum Gasteiger partial charge on any atom is 0.212 e. The Morgan fingerprint density at radius 3 is 1.06 bits per heavy atom. The largest absolute Gasteiger partial charge is 0.212 e. The van der Waals surface area contributed by atoms with E-state index in [-0.39, 0.29) is 5.41 Å². The fourth-order valence-corrected chi connectivity index (χ4v) is 11.4. The molecule has 0 fully saturated rings. The minimum Gasteiger partial charge on any atom is -0.200 e. The van der Waals surface area contributed by atoms with Crippen molar-refractivity contribution >= 4 is 0 Å². The van der Waals surface area contributed by atoms with Gasteiger partial charge in [0.05, 0.1) is 0 Å². The van der Waals surface area contributed by atoms with Crippen LogP contribution < -0.4 is 13.7 Å². The van der Waals surface area contributed by atoms with Crippen molar-refractivity contribution in [1.29, 1.82) is 0 Å². The fourth-order valence-electron chi connectivity index (χ4n) is 11.4. The molecule has 9 aromatic rings. The zero-order valence-electron chi connectivity index (χ0n) is 53.1. The van der Waals surface area contributed by atoms with E-state index in [0.29, 0.717) is 11.3 Å². The van der Waals surface area contributed by atoms with Crippen molar-refractivity contribution in [2.45, 2.75) is 146 Å². The number of nitrogens with zero attached hydrogens (tertiary/aromatic N) is 3. The third-order valence-electron chi connectivity index (χ3n) is 15.8. The molecule has 0 N–H and O–H groups in total. The van der Waals surface area contributed by atoms with E-state index < -0.39 is 5.89 Å². The summed E-state index contributed by atoms with van der Waals surface area (Å²) in [7, 11) is 6.37. The van der Waals surface area contributed by atoms with Crippen LogP contribution in [0.5, 0.6) is 0 Å². The van der Waals surface area contributed by atoms with Gasteiger partial charge in [-0.2, -0.15) is 0 Å². The van der Waals surface area contributed by atoms with Gasteiger partial charge in [-0.15, -0.1) is 0 Å². The second-order valence-electron chi connectivity index (χ2n) is 25.4. The highest BCUT2D eigenvalue weighted by atomic mass is 14.9. The lowest BCUT2D eigenvalue weighted by Crippen LogP contribution is -2.30. The van der Waals surface area contributed by atoms with E-state index in [2.05, 4.69) is 312 Å². The predicted octanol–water partition coefficient (Wildman–Crippen LogP) is 20.1. The molecule has 0 saturated carbocycles. The van der Waals surface area contributed by atoms with E-state index >= 15 is 0 Å². The van der Waals surface area contributed by atoms with Crippen molar-refractivity contribution in [2.75, 3.05) is 0 Å². The Bertz CT molecular complexity index is 3480. The number of unbranched alkanes of at least 4 members (excludes halogenated alkanes) is 4. The third-order valence-corrected chi connectivity index (χ3v) is 15.8. The zero-order valence-corrected chi connectivity index (χ0v) is 52.1. The van der Waals surface area contributed by atoms with Crippen LogP contribution in [0.2, 0.25) is 0 Å². The molecule has 6 aromatic carbocycles. The monoisotopic (exact) mass is 1080 g/mol. The van der Waals surface area contributed by atoms with Gasteiger partial charge in [-0.25, -0.2) is 13.7 Å². The molecule has 0 aliphatic rings. The summed E-state index contributed by atoms with van der Waals surface area (Å²) in [6, 6.07) is 65.7. The number of aromatic nitrogens is 3. The molecular weight excluding hydrogens is 979 g/mol. The summed E-state index contributed by atoms with van der Waals surface area (Å²) in [5.74, 6) is 0.00876. The maximum absolute atomic E-state index is 8.77. The first-order chi connectivity index (χ1) is 39.0. The minimum atomic E-state index is -0.573. The molecule has 0 aliphatic heterocycles. The molecule has 0 radical (unpaired) electrons. The molecule has 0 bridgehead atoms. The van der Waals surface area contributed by atoms with E-state index in [4.69, 9.17) is 1.37 Å². The number of rotatable bonds is 16. The normalized spacial score (nSPS) is 12.8. The van der Waals surface area contributed by atoms with Crippen LogP contribution in [-0.2, 0) is 27.6 Å². The van der Waals surface area contributed by atoms with Gasteiger partial charge in [-0.1, -0.05) is 215 Å². The number of benzene rings is 6.